The fourth-order valence-corrected chi connectivity index (χ4v) is 3.91. The highest BCUT2D eigenvalue weighted by Gasteiger charge is 2.18. The van der Waals surface area contributed by atoms with Crippen LogP contribution in [0.1, 0.15) is 37.0 Å². The smallest absolute Gasteiger partial charge is 0.133 e. The maximum Gasteiger partial charge on any atom is 0.133 e. The normalized spacial score (nSPS) is 15.8. The van der Waals surface area contributed by atoms with Crippen LogP contribution < -0.4 is 11.1 Å². The van der Waals surface area contributed by atoms with Gasteiger partial charge in [-0.15, -0.1) is 11.3 Å². The maximum absolute atomic E-state index is 7.69. The topological polar surface area (TPSA) is 61.9 Å². The lowest BCUT2D eigenvalue weighted by Crippen LogP contribution is -2.21. The van der Waals surface area contributed by atoms with Crippen molar-refractivity contribution in [1.29, 1.82) is 5.41 Å². The summed E-state index contributed by atoms with van der Waals surface area (Å²) in [6.45, 7) is 0. The van der Waals surface area contributed by atoms with Crippen LogP contribution in [-0.2, 0) is 0 Å². The van der Waals surface area contributed by atoms with E-state index in [-0.39, 0.29) is 5.84 Å². The minimum absolute atomic E-state index is 0.147. The molecule has 1 aliphatic rings. The first-order chi connectivity index (χ1) is 10.2. The zero-order valence-electron chi connectivity index (χ0n) is 12.1. The Morgan fingerprint density at radius 2 is 1.86 bits per heavy atom. The van der Waals surface area contributed by atoms with E-state index in [4.69, 9.17) is 11.1 Å². The monoisotopic (exact) mass is 299 g/mol. The number of hydrogen-bond acceptors (Lipinski definition) is 3. The average Bonchev–Trinajstić information content (AvgIpc) is 2.93. The summed E-state index contributed by atoms with van der Waals surface area (Å²) in [6, 6.07) is 12.9. The van der Waals surface area contributed by atoms with Crippen LogP contribution in [0.2, 0.25) is 0 Å². The number of amidine groups is 1. The third-order valence-corrected chi connectivity index (χ3v) is 5.12. The van der Waals surface area contributed by atoms with Crippen LogP contribution in [0.5, 0.6) is 0 Å². The van der Waals surface area contributed by atoms with Crippen molar-refractivity contribution in [3.63, 3.8) is 0 Å². The molecule has 2 aromatic rings. The van der Waals surface area contributed by atoms with Crippen molar-refractivity contribution in [1.82, 2.24) is 0 Å². The number of rotatable bonds is 4. The molecule has 4 N–H and O–H groups in total. The van der Waals surface area contributed by atoms with Crippen molar-refractivity contribution < 1.29 is 0 Å². The molecular weight excluding hydrogens is 278 g/mol. The Labute approximate surface area is 129 Å². The Morgan fingerprint density at radius 1 is 1.14 bits per heavy atom. The second-order valence-corrected chi connectivity index (χ2v) is 6.66. The first-order valence-electron chi connectivity index (χ1n) is 7.54. The molecule has 0 amide bonds. The van der Waals surface area contributed by atoms with Crippen LogP contribution in [0.4, 0.5) is 5.00 Å². The lowest BCUT2D eigenvalue weighted by molar-refractivity contribution is 0.463. The third kappa shape index (κ3) is 3.27. The van der Waals surface area contributed by atoms with Gasteiger partial charge in [-0.3, -0.25) is 5.41 Å². The predicted molar refractivity (Wildman–Crippen MR) is 91.3 cm³/mol. The number of hydrogen-bond donors (Lipinski definition) is 3. The molecule has 0 atom stereocenters. The summed E-state index contributed by atoms with van der Waals surface area (Å²) in [6.07, 6.45) is 6.45. The first kappa shape index (κ1) is 14.1. The molecule has 0 spiro atoms. The van der Waals surface area contributed by atoms with Crippen LogP contribution in [0.3, 0.4) is 0 Å². The van der Waals surface area contributed by atoms with Crippen LogP contribution in [-0.4, -0.2) is 11.9 Å². The SMILES string of the molecule is N=C(N)c1cc(-c2ccccc2)c(NC2CCCCC2)s1. The van der Waals surface area contributed by atoms with E-state index in [0.717, 1.165) is 15.4 Å². The van der Waals surface area contributed by atoms with Gasteiger partial charge in [0.25, 0.3) is 0 Å². The second-order valence-electron chi connectivity index (χ2n) is 5.61. The lowest BCUT2D eigenvalue weighted by Gasteiger charge is -2.23. The molecule has 21 heavy (non-hydrogen) atoms. The van der Waals surface area contributed by atoms with E-state index in [0.29, 0.717) is 6.04 Å². The minimum Gasteiger partial charge on any atom is -0.383 e. The van der Waals surface area contributed by atoms with Crippen molar-refractivity contribution in [2.75, 3.05) is 5.32 Å². The maximum atomic E-state index is 7.69. The van der Waals surface area contributed by atoms with Crippen LogP contribution in [0.15, 0.2) is 36.4 Å². The number of nitrogens with two attached hydrogens (primary N) is 1. The summed E-state index contributed by atoms with van der Waals surface area (Å²) in [4.78, 5) is 0.840. The van der Waals surface area contributed by atoms with Crippen LogP contribution in [0, 0.1) is 5.41 Å². The average molecular weight is 299 g/mol. The Morgan fingerprint density at radius 3 is 2.52 bits per heavy atom. The number of benzene rings is 1. The van der Waals surface area contributed by atoms with Gasteiger partial charge in [0.1, 0.15) is 5.84 Å². The molecule has 0 aliphatic heterocycles. The molecule has 1 aromatic carbocycles. The van der Waals surface area contributed by atoms with E-state index in [2.05, 4.69) is 17.4 Å². The summed E-state index contributed by atoms with van der Waals surface area (Å²) in [5, 5.41) is 12.5. The molecule has 3 rings (SSSR count). The Kier molecular flexibility index (Phi) is 4.25. The van der Waals surface area contributed by atoms with Gasteiger partial charge < -0.3 is 11.1 Å². The highest BCUT2D eigenvalue weighted by Crippen LogP contribution is 2.37. The standard InChI is InChI=1S/C17H21N3S/c18-16(19)15-11-14(12-7-3-1-4-8-12)17(21-15)20-13-9-5-2-6-10-13/h1,3-4,7-8,11,13,20H,2,5-6,9-10H2,(H3,18,19). The quantitative estimate of drug-likeness (QED) is 0.577. The zero-order valence-corrected chi connectivity index (χ0v) is 12.9. The van der Waals surface area contributed by atoms with E-state index >= 15 is 0 Å². The van der Waals surface area contributed by atoms with Gasteiger partial charge in [0.2, 0.25) is 0 Å². The molecule has 4 heteroatoms. The summed E-state index contributed by atoms with van der Waals surface area (Å²) < 4.78 is 0. The second kappa shape index (κ2) is 6.31. The highest BCUT2D eigenvalue weighted by molar-refractivity contribution is 7.18. The molecule has 1 aliphatic carbocycles. The van der Waals surface area contributed by atoms with E-state index in [1.54, 1.807) is 11.3 Å². The molecule has 0 saturated heterocycles. The molecule has 1 aromatic heterocycles. The first-order valence-corrected chi connectivity index (χ1v) is 8.36. The molecule has 3 nitrogen and oxygen atoms in total. The van der Waals surface area contributed by atoms with Gasteiger partial charge in [0.15, 0.2) is 0 Å². The van der Waals surface area contributed by atoms with E-state index < -0.39 is 0 Å². The molecule has 110 valence electrons. The van der Waals surface area contributed by atoms with E-state index in [1.807, 2.05) is 24.3 Å². The zero-order chi connectivity index (χ0) is 14.7. The number of nitrogens with one attached hydrogen (secondary N) is 2. The fraction of sp³-hybridized carbons (Fsp3) is 0.353. The van der Waals surface area contributed by atoms with E-state index in [9.17, 15) is 0 Å². The van der Waals surface area contributed by atoms with Gasteiger partial charge in [-0.05, 0) is 24.5 Å². The van der Waals surface area contributed by atoms with Gasteiger partial charge in [0.05, 0.1) is 9.88 Å². The summed E-state index contributed by atoms with van der Waals surface area (Å²) in [7, 11) is 0. The largest absolute Gasteiger partial charge is 0.383 e. The Bertz CT molecular complexity index is 612. The van der Waals surface area contributed by atoms with Crippen molar-refractivity contribution in [2.45, 2.75) is 38.1 Å². The Hall–Kier alpha value is -1.81. The highest BCUT2D eigenvalue weighted by atomic mass is 32.1. The molecule has 0 unspecified atom stereocenters. The molecular formula is C17H21N3S. The molecule has 0 radical (unpaired) electrons. The van der Waals surface area contributed by atoms with Gasteiger partial charge in [-0.2, -0.15) is 0 Å². The fourth-order valence-electron chi connectivity index (χ4n) is 2.90. The molecule has 0 bridgehead atoms. The van der Waals surface area contributed by atoms with Crippen molar-refractivity contribution >= 4 is 22.2 Å². The van der Waals surface area contributed by atoms with Crippen LogP contribution >= 0.6 is 11.3 Å². The van der Waals surface area contributed by atoms with Gasteiger partial charge in [-0.25, -0.2) is 0 Å². The Balaban J connectivity index is 1.91. The van der Waals surface area contributed by atoms with Crippen molar-refractivity contribution in [3.05, 3.63) is 41.3 Å². The lowest BCUT2D eigenvalue weighted by atomic mass is 9.95. The molecule has 1 saturated carbocycles. The number of nitrogen functional groups attached to an aromatic ring is 1. The van der Waals surface area contributed by atoms with Gasteiger partial charge >= 0.3 is 0 Å². The summed E-state index contributed by atoms with van der Waals surface area (Å²) in [5.74, 6) is 0.147. The predicted octanol–water partition coefficient (Wildman–Crippen LogP) is 4.44. The summed E-state index contributed by atoms with van der Waals surface area (Å²) in [5.41, 5.74) is 8.02. The number of thiophene rings is 1. The van der Waals surface area contributed by atoms with Gasteiger partial charge in [-0.1, -0.05) is 49.6 Å². The molecule has 1 fully saturated rings. The number of anilines is 1. The van der Waals surface area contributed by atoms with E-state index in [1.165, 1.54) is 37.7 Å². The third-order valence-electron chi connectivity index (χ3n) is 4.02. The summed E-state index contributed by atoms with van der Waals surface area (Å²) >= 11 is 1.60. The van der Waals surface area contributed by atoms with Crippen molar-refractivity contribution in [3.8, 4) is 11.1 Å². The van der Waals surface area contributed by atoms with Crippen LogP contribution in [0.25, 0.3) is 11.1 Å². The van der Waals surface area contributed by atoms with Crippen molar-refractivity contribution in [2.24, 2.45) is 5.73 Å². The van der Waals surface area contributed by atoms with Gasteiger partial charge in [0, 0.05) is 11.6 Å². The molecule has 1 heterocycles. The minimum atomic E-state index is 0.147.